The van der Waals surface area contributed by atoms with Crippen molar-refractivity contribution in [2.45, 2.75) is 51.2 Å². The summed E-state index contributed by atoms with van der Waals surface area (Å²) in [7, 11) is 0. The summed E-state index contributed by atoms with van der Waals surface area (Å²) >= 11 is 0. The van der Waals surface area contributed by atoms with Gasteiger partial charge >= 0.3 is 0 Å². The van der Waals surface area contributed by atoms with Crippen LogP contribution < -0.4 is 0 Å². The van der Waals surface area contributed by atoms with Gasteiger partial charge in [-0.25, -0.2) is 0 Å². The summed E-state index contributed by atoms with van der Waals surface area (Å²) < 4.78 is 13.2. The SMILES string of the molecule is O=C(COC[C@H]1CCCCO1)N1CCC(CCn2cccn2)CC1. The van der Waals surface area contributed by atoms with Gasteiger partial charge in [0.2, 0.25) is 5.91 Å². The van der Waals surface area contributed by atoms with Crippen molar-refractivity contribution in [3.8, 4) is 0 Å². The maximum atomic E-state index is 12.2. The third-order valence-corrected chi connectivity index (χ3v) is 5.10. The third-order valence-electron chi connectivity index (χ3n) is 5.10. The van der Waals surface area contributed by atoms with Gasteiger partial charge in [-0.2, -0.15) is 5.10 Å². The van der Waals surface area contributed by atoms with Crippen molar-refractivity contribution < 1.29 is 14.3 Å². The molecule has 0 unspecified atom stereocenters. The highest BCUT2D eigenvalue weighted by Crippen LogP contribution is 2.21. The van der Waals surface area contributed by atoms with Crippen LogP contribution in [0.2, 0.25) is 0 Å². The predicted molar refractivity (Wildman–Crippen MR) is 90.6 cm³/mol. The van der Waals surface area contributed by atoms with Gasteiger partial charge < -0.3 is 14.4 Å². The smallest absolute Gasteiger partial charge is 0.248 e. The number of likely N-dealkylation sites (tertiary alicyclic amines) is 1. The monoisotopic (exact) mass is 335 g/mol. The average Bonchev–Trinajstić information content (AvgIpc) is 3.15. The quantitative estimate of drug-likeness (QED) is 0.766. The standard InChI is InChI=1S/C18H29N3O3/c22-18(15-23-14-17-4-1-2-13-24-17)20-10-5-16(6-11-20)7-12-21-9-3-8-19-21/h3,8-9,16-17H,1-2,4-7,10-15H2/t17-/m1/s1. The fourth-order valence-electron chi connectivity index (χ4n) is 3.53. The first-order chi connectivity index (χ1) is 11.8. The summed E-state index contributed by atoms with van der Waals surface area (Å²) in [6.07, 6.45) is 10.7. The summed E-state index contributed by atoms with van der Waals surface area (Å²) in [6, 6.07) is 1.96. The van der Waals surface area contributed by atoms with Crippen LogP contribution in [0.3, 0.4) is 0 Å². The Morgan fingerprint density at radius 1 is 1.25 bits per heavy atom. The van der Waals surface area contributed by atoms with E-state index in [4.69, 9.17) is 9.47 Å². The fourth-order valence-corrected chi connectivity index (χ4v) is 3.53. The Labute approximate surface area is 144 Å². The Balaban J connectivity index is 1.28. The minimum absolute atomic E-state index is 0.122. The number of piperidine rings is 1. The van der Waals surface area contributed by atoms with E-state index >= 15 is 0 Å². The molecule has 6 heteroatoms. The van der Waals surface area contributed by atoms with Crippen LogP contribution in [0.15, 0.2) is 18.5 Å². The maximum Gasteiger partial charge on any atom is 0.248 e. The lowest BCUT2D eigenvalue weighted by molar-refractivity contribution is -0.139. The number of rotatable bonds is 7. The molecule has 24 heavy (non-hydrogen) atoms. The lowest BCUT2D eigenvalue weighted by Crippen LogP contribution is -2.41. The van der Waals surface area contributed by atoms with E-state index < -0.39 is 0 Å². The van der Waals surface area contributed by atoms with E-state index in [1.165, 1.54) is 6.42 Å². The first kappa shape index (κ1) is 17.4. The van der Waals surface area contributed by atoms with E-state index in [-0.39, 0.29) is 18.6 Å². The highest BCUT2D eigenvalue weighted by molar-refractivity contribution is 5.77. The maximum absolute atomic E-state index is 12.2. The number of hydrogen-bond acceptors (Lipinski definition) is 4. The number of nitrogens with zero attached hydrogens (tertiary/aromatic N) is 3. The highest BCUT2D eigenvalue weighted by atomic mass is 16.5. The number of carbonyl (C=O) groups excluding carboxylic acids is 1. The zero-order chi connectivity index (χ0) is 16.6. The van der Waals surface area contributed by atoms with E-state index in [1.54, 1.807) is 0 Å². The van der Waals surface area contributed by atoms with Gasteiger partial charge in [-0.1, -0.05) is 0 Å². The number of carbonyl (C=O) groups is 1. The minimum Gasteiger partial charge on any atom is -0.376 e. The van der Waals surface area contributed by atoms with Gasteiger partial charge in [0.05, 0.1) is 12.7 Å². The number of hydrogen-bond donors (Lipinski definition) is 0. The van der Waals surface area contributed by atoms with E-state index in [2.05, 4.69) is 5.10 Å². The molecule has 0 radical (unpaired) electrons. The van der Waals surface area contributed by atoms with Gasteiger partial charge in [-0.05, 0) is 50.5 Å². The second kappa shape index (κ2) is 9.18. The highest BCUT2D eigenvalue weighted by Gasteiger charge is 2.23. The molecule has 1 aromatic rings. The van der Waals surface area contributed by atoms with E-state index in [0.29, 0.717) is 12.5 Å². The topological polar surface area (TPSA) is 56.6 Å². The van der Waals surface area contributed by atoms with Crippen LogP contribution in [0.25, 0.3) is 0 Å². The van der Waals surface area contributed by atoms with Gasteiger partial charge in [0.25, 0.3) is 0 Å². The fraction of sp³-hybridized carbons (Fsp3) is 0.778. The van der Waals surface area contributed by atoms with Crippen LogP contribution in [0.5, 0.6) is 0 Å². The van der Waals surface area contributed by atoms with Crippen LogP contribution >= 0.6 is 0 Å². The number of aromatic nitrogens is 2. The first-order valence-electron chi connectivity index (χ1n) is 9.26. The van der Waals surface area contributed by atoms with Crippen LogP contribution in [0.4, 0.5) is 0 Å². The van der Waals surface area contributed by atoms with Crippen LogP contribution in [0, 0.1) is 5.92 Å². The molecule has 0 aromatic carbocycles. The Morgan fingerprint density at radius 3 is 2.83 bits per heavy atom. The Kier molecular flexibility index (Phi) is 6.66. The molecule has 3 rings (SSSR count). The Bertz CT molecular complexity index is 478. The molecule has 1 amide bonds. The zero-order valence-corrected chi connectivity index (χ0v) is 14.4. The summed E-state index contributed by atoms with van der Waals surface area (Å²) in [5, 5.41) is 4.24. The van der Waals surface area contributed by atoms with E-state index in [1.807, 2.05) is 28.0 Å². The van der Waals surface area contributed by atoms with Gasteiger partial charge in [0.1, 0.15) is 6.61 Å². The summed E-state index contributed by atoms with van der Waals surface area (Å²) in [5.41, 5.74) is 0. The average molecular weight is 335 g/mol. The van der Waals surface area contributed by atoms with E-state index in [9.17, 15) is 4.79 Å². The minimum atomic E-state index is 0.122. The normalized spacial score (nSPS) is 22.7. The molecule has 0 saturated carbocycles. The van der Waals surface area contributed by atoms with E-state index in [0.717, 1.165) is 58.3 Å². The second-order valence-electron chi connectivity index (χ2n) is 6.89. The molecule has 2 fully saturated rings. The van der Waals surface area contributed by atoms with Gasteiger partial charge in [-0.15, -0.1) is 0 Å². The van der Waals surface area contributed by atoms with Crippen LogP contribution in [-0.4, -0.2) is 59.6 Å². The molecule has 2 aliphatic heterocycles. The second-order valence-corrected chi connectivity index (χ2v) is 6.89. The molecule has 1 aromatic heterocycles. The van der Waals surface area contributed by atoms with Gasteiger partial charge in [-0.3, -0.25) is 9.48 Å². The molecule has 0 aliphatic carbocycles. The van der Waals surface area contributed by atoms with Crippen molar-refractivity contribution in [1.82, 2.24) is 14.7 Å². The Hall–Kier alpha value is -1.40. The largest absolute Gasteiger partial charge is 0.376 e. The molecular weight excluding hydrogens is 306 g/mol. The molecule has 0 bridgehead atoms. The lowest BCUT2D eigenvalue weighted by atomic mass is 9.93. The van der Waals surface area contributed by atoms with Crippen molar-refractivity contribution in [1.29, 1.82) is 0 Å². The summed E-state index contributed by atoms with van der Waals surface area (Å²) in [4.78, 5) is 14.2. The molecule has 1 atom stereocenters. The van der Waals surface area contributed by atoms with Crippen molar-refractivity contribution >= 4 is 5.91 Å². The van der Waals surface area contributed by atoms with Gasteiger partial charge in [0, 0.05) is 38.6 Å². The predicted octanol–water partition coefficient (Wildman–Crippen LogP) is 2.10. The summed E-state index contributed by atoms with van der Waals surface area (Å²) in [6.45, 7) is 4.24. The molecule has 0 N–H and O–H groups in total. The van der Waals surface area contributed by atoms with Gasteiger partial charge in [0.15, 0.2) is 0 Å². The van der Waals surface area contributed by atoms with Crippen molar-refractivity contribution in [3.63, 3.8) is 0 Å². The van der Waals surface area contributed by atoms with Crippen LogP contribution in [-0.2, 0) is 20.8 Å². The molecular formula is C18H29N3O3. The lowest BCUT2D eigenvalue weighted by Gasteiger charge is -2.32. The first-order valence-corrected chi connectivity index (χ1v) is 9.26. The Morgan fingerprint density at radius 2 is 2.12 bits per heavy atom. The molecule has 2 aliphatic rings. The van der Waals surface area contributed by atoms with Crippen molar-refractivity contribution in [3.05, 3.63) is 18.5 Å². The molecule has 6 nitrogen and oxygen atoms in total. The summed E-state index contributed by atoms with van der Waals surface area (Å²) in [5.74, 6) is 0.811. The molecule has 2 saturated heterocycles. The number of aryl methyl sites for hydroxylation is 1. The molecule has 0 spiro atoms. The van der Waals surface area contributed by atoms with Crippen LogP contribution in [0.1, 0.15) is 38.5 Å². The number of ether oxygens (including phenoxy) is 2. The zero-order valence-electron chi connectivity index (χ0n) is 14.4. The number of amides is 1. The molecule has 134 valence electrons. The third kappa shape index (κ3) is 5.31. The van der Waals surface area contributed by atoms with Crippen molar-refractivity contribution in [2.24, 2.45) is 5.92 Å². The van der Waals surface area contributed by atoms with Crippen molar-refractivity contribution in [2.75, 3.05) is 32.9 Å². The molecule has 3 heterocycles.